The molecule has 2 fully saturated rings. The first kappa shape index (κ1) is 16.1. The van der Waals surface area contributed by atoms with E-state index in [0.29, 0.717) is 12.1 Å². The van der Waals surface area contributed by atoms with E-state index in [2.05, 4.69) is 33.1 Å². The normalized spacial score (nSPS) is 22.9. The van der Waals surface area contributed by atoms with E-state index in [1.165, 1.54) is 6.42 Å². The average Bonchev–Trinajstić information content (AvgIpc) is 2.63. The Labute approximate surface area is 139 Å². The van der Waals surface area contributed by atoms with Crippen LogP contribution in [0.4, 0.5) is 10.6 Å². The van der Waals surface area contributed by atoms with Crippen LogP contribution in [0.1, 0.15) is 45.4 Å². The minimum Gasteiger partial charge on any atom is -0.356 e. The van der Waals surface area contributed by atoms with Crippen molar-refractivity contribution in [1.29, 1.82) is 0 Å². The van der Waals surface area contributed by atoms with E-state index < -0.39 is 0 Å². The maximum absolute atomic E-state index is 12.6. The first-order valence-electron chi connectivity index (χ1n) is 9.01. The molecule has 1 aromatic rings. The Morgan fingerprint density at radius 1 is 1.22 bits per heavy atom. The standard InChI is InChI=1S/C18H28N4O/c1-2-16-7-4-6-12-22(16)18(23)20-15-9-13-21(14-10-15)17-8-3-5-11-19-17/h3,5,8,11,15-16H,2,4,6-7,9-10,12-14H2,1H3,(H,20,23). The molecule has 2 aliphatic heterocycles. The molecule has 0 saturated carbocycles. The lowest BCUT2D eigenvalue weighted by Gasteiger charge is -2.38. The van der Waals surface area contributed by atoms with Gasteiger partial charge in [0.15, 0.2) is 0 Å². The van der Waals surface area contributed by atoms with Crippen LogP contribution < -0.4 is 10.2 Å². The molecule has 2 amide bonds. The van der Waals surface area contributed by atoms with Gasteiger partial charge in [0.2, 0.25) is 0 Å². The van der Waals surface area contributed by atoms with Crippen molar-refractivity contribution >= 4 is 11.8 Å². The Morgan fingerprint density at radius 3 is 2.74 bits per heavy atom. The fourth-order valence-corrected chi connectivity index (χ4v) is 3.74. The summed E-state index contributed by atoms with van der Waals surface area (Å²) in [5.74, 6) is 1.04. The van der Waals surface area contributed by atoms with Crippen molar-refractivity contribution in [3.05, 3.63) is 24.4 Å². The molecular formula is C18H28N4O. The zero-order chi connectivity index (χ0) is 16.1. The number of hydrogen-bond acceptors (Lipinski definition) is 3. The molecule has 3 heterocycles. The van der Waals surface area contributed by atoms with E-state index in [9.17, 15) is 4.79 Å². The van der Waals surface area contributed by atoms with E-state index in [1.807, 2.05) is 18.3 Å². The third-order valence-electron chi connectivity index (χ3n) is 5.16. The van der Waals surface area contributed by atoms with Crippen molar-refractivity contribution < 1.29 is 4.79 Å². The number of nitrogens with zero attached hydrogens (tertiary/aromatic N) is 3. The highest BCUT2D eigenvalue weighted by atomic mass is 16.2. The summed E-state index contributed by atoms with van der Waals surface area (Å²) in [7, 11) is 0. The lowest BCUT2D eigenvalue weighted by atomic mass is 10.0. The largest absolute Gasteiger partial charge is 0.356 e. The number of pyridine rings is 1. The molecule has 0 spiro atoms. The summed E-state index contributed by atoms with van der Waals surface area (Å²) in [4.78, 5) is 21.4. The van der Waals surface area contributed by atoms with Crippen molar-refractivity contribution in [2.45, 2.75) is 57.5 Å². The van der Waals surface area contributed by atoms with Gasteiger partial charge in [0.25, 0.3) is 0 Å². The maximum atomic E-state index is 12.6. The third kappa shape index (κ3) is 3.95. The van der Waals surface area contributed by atoms with Crippen molar-refractivity contribution in [3.63, 3.8) is 0 Å². The Bertz CT molecular complexity index is 499. The van der Waals surface area contributed by atoms with Gasteiger partial charge in [0.1, 0.15) is 5.82 Å². The minimum atomic E-state index is 0.146. The molecule has 126 valence electrons. The number of anilines is 1. The molecule has 1 atom stereocenters. The molecule has 3 rings (SSSR count). The lowest BCUT2D eigenvalue weighted by molar-refractivity contribution is 0.144. The van der Waals surface area contributed by atoms with E-state index in [1.54, 1.807) is 0 Å². The number of likely N-dealkylation sites (tertiary alicyclic amines) is 1. The highest BCUT2D eigenvalue weighted by molar-refractivity contribution is 5.75. The van der Waals surface area contributed by atoms with Crippen LogP contribution >= 0.6 is 0 Å². The number of amides is 2. The quantitative estimate of drug-likeness (QED) is 0.932. The molecular weight excluding hydrogens is 288 g/mol. The molecule has 23 heavy (non-hydrogen) atoms. The average molecular weight is 316 g/mol. The summed E-state index contributed by atoms with van der Waals surface area (Å²) < 4.78 is 0. The maximum Gasteiger partial charge on any atom is 0.317 e. The summed E-state index contributed by atoms with van der Waals surface area (Å²) >= 11 is 0. The summed E-state index contributed by atoms with van der Waals surface area (Å²) in [6.07, 6.45) is 8.44. The highest BCUT2D eigenvalue weighted by Gasteiger charge is 2.28. The fourth-order valence-electron chi connectivity index (χ4n) is 3.74. The molecule has 0 bridgehead atoms. The monoisotopic (exact) mass is 316 g/mol. The summed E-state index contributed by atoms with van der Waals surface area (Å²) in [6, 6.07) is 6.89. The predicted octanol–water partition coefficient (Wildman–Crippen LogP) is 3.02. The lowest BCUT2D eigenvalue weighted by Crippen LogP contribution is -2.53. The van der Waals surface area contributed by atoms with E-state index in [0.717, 1.165) is 57.6 Å². The van der Waals surface area contributed by atoms with Gasteiger partial charge >= 0.3 is 6.03 Å². The van der Waals surface area contributed by atoms with Gasteiger partial charge in [-0.3, -0.25) is 0 Å². The third-order valence-corrected chi connectivity index (χ3v) is 5.16. The minimum absolute atomic E-state index is 0.146. The SMILES string of the molecule is CCC1CCCCN1C(=O)NC1CCN(c2ccccn2)CC1. The number of aromatic nitrogens is 1. The van der Waals surface area contributed by atoms with Gasteiger partial charge in [-0.05, 0) is 50.7 Å². The Hall–Kier alpha value is -1.78. The van der Waals surface area contributed by atoms with Gasteiger partial charge < -0.3 is 15.1 Å². The second-order valence-electron chi connectivity index (χ2n) is 6.65. The number of urea groups is 1. The first-order chi connectivity index (χ1) is 11.3. The number of carbonyl (C=O) groups is 1. The predicted molar refractivity (Wildman–Crippen MR) is 92.6 cm³/mol. The number of carbonyl (C=O) groups excluding carboxylic acids is 1. The zero-order valence-corrected chi connectivity index (χ0v) is 14.1. The van der Waals surface area contributed by atoms with Crippen LogP contribution in [0.2, 0.25) is 0 Å². The van der Waals surface area contributed by atoms with Crippen molar-refractivity contribution in [2.24, 2.45) is 0 Å². The summed E-state index contributed by atoms with van der Waals surface area (Å²) in [6.45, 7) is 5.01. The molecule has 2 aliphatic rings. The number of hydrogen-bond donors (Lipinski definition) is 1. The molecule has 0 aliphatic carbocycles. The van der Waals surface area contributed by atoms with Gasteiger partial charge in [-0.2, -0.15) is 0 Å². The second-order valence-corrected chi connectivity index (χ2v) is 6.65. The van der Waals surface area contributed by atoms with E-state index in [-0.39, 0.29) is 6.03 Å². The Morgan fingerprint density at radius 2 is 2.04 bits per heavy atom. The molecule has 1 unspecified atom stereocenters. The van der Waals surface area contributed by atoms with Crippen LogP contribution in [-0.2, 0) is 0 Å². The van der Waals surface area contributed by atoms with Gasteiger partial charge in [0, 0.05) is 37.9 Å². The topological polar surface area (TPSA) is 48.5 Å². The van der Waals surface area contributed by atoms with E-state index >= 15 is 0 Å². The van der Waals surface area contributed by atoms with Crippen LogP contribution in [0.3, 0.4) is 0 Å². The second kappa shape index (κ2) is 7.66. The Balaban J connectivity index is 1.49. The first-order valence-corrected chi connectivity index (χ1v) is 9.01. The van der Waals surface area contributed by atoms with Crippen LogP contribution in [0.15, 0.2) is 24.4 Å². The van der Waals surface area contributed by atoms with Gasteiger partial charge in [-0.1, -0.05) is 13.0 Å². The van der Waals surface area contributed by atoms with Gasteiger partial charge in [-0.15, -0.1) is 0 Å². The van der Waals surface area contributed by atoms with Crippen molar-refractivity contribution in [2.75, 3.05) is 24.5 Å². The smallest absolute Gasteiger partial charge is 0.317 e. The number of rotatable bonds is 3. The van der Waals surface area contributed by atoms with Gasteiger partial charge in [0.05, 0.1) is 0 Å². The molecule has 0 radical (unpaired) electrons. The molecule has 2 saturated heterocycles. The molecule has 5 heteroatoms. The van der Waals surface area contributed by atoms with Crippen molar-refractivity contribution in [3.8, 4) is 0 Å². The van der Waals surface area contributed by atoms with Crippen LogP contribution in [0.5, 0.6) is 0 Å². The van der Waals surface area contributed by atoms with Crippen LogP contribution in [-0.4, -0.2) is 47.6 Å². The van der Waals surface area contributed by atoms with E-state index in [4.69, 9.17) is 0 Å². The fraction of sp³-hybridized carbons (Fsp3) is 0.667. The summed E-state index contributed by atoms with van der Waals surface area (Å²) in [5.41, 5.74) is 0. The highest BCUT2D eigenvalue weighted by Crippen LogP contribution is 2.21. The zero-order valence-electron chi connectivity index (χ0n) is 14.1. The van der Waals surface area contributed by atoms with Gasteiger partial charge in [-0.25, -0.2) is 9.78 Å². The van der Waals surface area contributed by atoms with Crippen molar-refractivity contribution in [1.82, 2.24) is 15.2 Å². The number of piperidine rings is 2. The number of nitrogens with one attached hydrogen (secondary N) is 1. The van der Waals surface area contributed by atoms with Crippen LogP contribution in [0, 0.1) is 0 Å². The molecule has 0 aromatic carbocycles. The summed E-state index contributed by atoms with van der Waals surface area (Å²) in [5, 5.41) is 3.26. The Kier molecular flexibility index (Phi) is 5.36. The molecule has 1 N–H and O–H groups in total. The molecule has 1 aromatic heterocycles. The van der Waals surface area contributed by atoms with Crippen LogP contribution in [0.25, 0.3) is 0 Å². The molecule has 5 nitrogen and oxygen atoms in total.